The molecule has 0 saturated heterocycles. The zero-order valence-corrected chi connectivity index (χ0v) is 9.96. The van der Waals surface area contributed by atoms with Crippen LogP contribution in [-0.2, 0) is 6.54 Å². The van der Waals surface area contributed by atoms with E-state index in [1.807, 2.05) is 13.0 Å². The topological polar surface area (TPSA) is 83.0 Å². The molecule has 18 heavy (non-hydrogen) atoms. The second-order valence-corrected chi connectivity index (χ2v) is 3.77. The fourth-order valence-corrected chi connectivity index (χ4v) is 1.34. The van der Waals surface area contributed by atoms with Crippen molar-refractivity contribution in [1.82, 2.24) is 14.8 Å². The van der Waals surface area contributed by atoms with Crippen molar-refractivity contribution in [3.63, 3.8) is 0 Å². The van der Waals surface area contributed by atoms with Gasteiger partial charge in [0.1, 0.15) is 6.61 Å². The summed E-state index contributed by atoms with van der Waals surface area (Å²) in [5, 5.41) is 3.94. The highest BCUT2D eigenvalue weighted by Crippen LogP contribution is 2.06. The molecule has 1 radical (unpaired) electrons. The van der Waals surface area contributed by atoms with Gasteiger partial charge >= 0.3 is 0 Å². The van der Waals surface area contributed by atoms with Crippen LogP contribution in [-0.4, -0.2) is 27.3 Å². The zero-order valence-electron chi connectivity index (χ0n) is 9.96. The fourth-order valence-electron chi connectivity index (χ4n) is 1.34. The van der Waals surface area contributed by atoms with Gasteiger partial charge in [0.15, 0.2) is 5.69 Å². The lowest BCUT2D eigenvalue weighted by Crippen LogP contribution is -2.14. The van der Waals surface area contributed by atoms with Crippen LogP contribution in [0.5, 0.6) is 5.88 Å². The summed E-state index contributed by atoms with van der Waals surface area (Å²) in [5.74, 6) is -0.0262. The molecule has 2 rings (SSSR count). The van der Waals surface area contributed by atoms with Crippen LogP contribution in [0.4, 0.5) is 0 Å². The molecule has 93 valence electrons. The Bertz CT molecular complexity index is 533. The molecule has 2 N–H and O–H groups in total. The Hall–Kier alpha value is -2.37. The number of carbonyl (C=O) groups is 1. The molecule has 2 aromatic rings. The standard InChI is InChI=1S/C12H13N4O2/c1-9-2-3-11(14-8-9)18-7-6-16-5-4-10(15-16)12(13)17/h2-3,5,8H,6-7H2,1H3,(H2,13,17). The molecule has 2 aromatic heterocycles. The van der Waals surface area contributed by atoms with Crippen molar-refractivity contribution >= 4 is 5.91 Å². The van der Waals surface area contributed by atoms with Crippen molar-refractivity contribution in [1.29, 1.82) is 0 Å². The maximum Gasteiger partial charge on any atom is 0.269 e. The van der Waals surface area contributed by atoms with E-state index in [2.05, 4.69) is 16.1 Å². The number of nitrogens with two attached hydrogens (primary N) is 1. The van der Waals surface area contributed by atoms with Gasteiger partial charge in [-0.2, -0.15) is 5.10 Å². The largest absolute Gasteiger partial charge is 0.476 e. The lowest BCUT2D eigenvalue weighted by atomic mass is 10.3. The summed E-state index contributed by atoms with van der Waals surface area (Å²) >= 11 is 0. The van der Waals surface area contributed by atoms with Crippen LogP contribution in [0.15, 0.2) is 24.5 Å². The van der Waals surface area contributed by atoms with Crippen molar-refractivity contribution in [3.05, 3.63) is 41.9 Å². The molecule has 0 aromatic carbocycles. The molecule has 2 heterocycles. The summed E-state index contributed by atoms with van der Waals surface area (Å²) in [4.78, 5) is 14.9. The minimum absolute atomic E-state index is 0.128. The highest BCUT2D eigenvalue weighted by molar-refractivity contribution is 5.90. The Labute approximate surface area is 104 Å². The normalized spacial score (nSPS) is 10.3. The van der Waals surface area contributed by atoms with Crippen LogP contribution in [0.1, 0.15) is 16.1 Å². The quantitative estimate of drug-likeness (QED) is 0.834. The average Bonchev–Trinajstić information content (AvgIpc) is 2.81. The van der Waals surface area contributed by atoms with Gasteiger partial charge in [0, 0.05) is 24.5 Å². The van der Waals surface area contributed by atoms with Crippen molar-refractivity contribution in [2.75, 3.05) is 6.61 Å². The maximum absolute atomic E-state index is 10.8. The molecule has 0 aliphatic rings. The third-order valence-electron chi connectivity index (χ3n) is 2.27. The number of pyridine rings is 1. The first-order valence-corrected chi connectivity index (χ1v) is 5.45. The van der Waals surface area contributed by atoms with Crippen LogP contribution < -0.4 is 10.5 Å². The predicted octanol–water partition coefficient (Wildman–Crippen LogP) is 0.565. The molecule has 6 nitrogen and oxygen atoms in total. The van der Waals surface area contributed by atoms with E-state index in [1.54, 1.807) is 23.1 Å². The van der Waals surface area contributed by atoms with Crippen LogP contribution >= 0.6 is 0 Å². The Morgan fingerprint density at radius 1 is 1.56 bits per heavy atom. The number of carbonyl (C=O) groups excluding carboxylic acids is 1. The van der Waals surface area contributed by atoms with E-state index in [1.165, 1.54) is 0 Å². The zero-order chi connectivity index (χ0) is 13.0. The molecule has 0 fully saturated rings. The van der Waals surface area contributed by atoms with Gasteiger partial charge in [-0.15, -0.1) is 0 Å². The fraction of sp³-hybridized carbons (Fsp3) is 0.250. The van der Waals surface area contributed by atoms with Gasteiger partial charge in [-0.3, -0.25) is 9.48 Å². The number of ether oxygens (including phenoxy) is 1. The number of amides is 1. The molecule has 0 aliphatic heterocycles. The van der Waals surface area contributed by atoms with E-state index in [9.17, 15) is 4.79 Å². The Morgan fingerprint density at radius 2 is 2.39 bits per heavy atom. The Kier molecular flexibility index (Phi) is 3.57. The van der Waals surface area contributed by atoms with E-state index in [-0.39, 0.29) is 5.69 Å². The van der Waals surface area contributed by atoms with E-state index in [4.69, 9.17) is 10.5 Å². The highest BCUT2D eigenvalue weighted by Gasteiger charge is 2.04. The van der Waals surface area contributed by atoms with E-state index in [0.717, 1.165) is 5.56 Å². The molecule has 0 saturated carbocycles. The molecule has 0 bridgehead atoms. The van der Waals surface area contributed by atoms with Crippen LogP contribution in [0.25, 0.3) is 0 Å². The third kappa shape index (κ3) is 3.07. The second kappa shape index (κ2) is 5.31. The summed E-state index contributed by atoms with van der Waals surface area (Å²) in [6, 6.07) is 6.40. The predicted molar refractivity (Wildman–Crippen MR) is 64.0 cm³/mol. The number of nitrogens with zero attached hydrogens (tertiary/aromatic N) is 3. The number of hydrogen-bond acceptors (Lipinski definition) is 4. The van der Waals surface area contributed by atoms with Gasteiger partial charge in [0.05, 0.1) is 6.54 Å². The van der Waals surface area contributed by atoms with Gasteiger partial charge in [0.2, 0.25) is 5.88 Å². The molecule has 0 unspecified atom stereocenters. The SMILES string of the molecule is Cc1ccc(OCCn2c[c]c(C(N)=O)n2)nc1. The molecule has 0 atom stereocenters. The van der Waals surface area contributed by atoms with Crippen molar-refractivity contribution < 1.29 is 9.53 Å². The van der Waals surface area contributed by atoms with Gasteiger partial charge in [-0.05, 0) is 12.5 Å². The van der Waals surface area contributed by atoms with E-state index >= 15 is 0 Å². The Morgan fingerprint density at radius 3 is 3.00 bits per heavy atom. The van der Waals surface area contributed by atoms with Crippen LogP contribution in [0.3, 0.4) is 0 Å². The monoisotopic (exact) mass is 245 g/mol. The first-order valence-electron chi connectivity index (χ1n) is 5.45. The van der Waals surface area contributed by atoms with Crippen molar-refractivity contribution in [3.8, 4) is 5.88 Å². The first kappa shape index (κ1) is 12.1. The van der Waals surface area contributed by atoms with Gasteiger partial charge in [-0.25, -0.2) is 4.98 Å². The summed E-state index contributed by atoms with van der Waals surface area (Å²) in [6.07, 6.45) is 3.30. The van der Waals surface area contributed by atoms with Crippen molar-refractivity contribution in [2.24, 2.45) is 5.73 Å². The molecule has 6 heteroatoms. The minimum atomic E-state index is -0.588. The lowest BCUT2D eigenvalue weighted by Gasteiger charge is -2.05. The Balaban J connectivity index is 1.84. The molecule has 0 spiro atoms. The second-order valence-electron chi connectivity index (χ2n) is 3.77. The maximum atomic E-state index is 10.8. The summed E-state index contributed by atoms with van der Waals surface area (Å²) < 4.78 is 6.98. The molecular formula is C12H13N4O2. The first-order chi connectivity index (χ1) is 8.65. The summed E-state index contributed by atoms with van der Waals surface area (Å²) in [6.45, 7) is 2.87. The number of primary amides is 1. The van der Waals surface area contributed by atoms with E-state index in [0.29, 0.717) is 19.0 Å². The highest BCUT2D eigenvalue weighted by atomic mass is 16.5. The molecular weight excluding hydrogens is 232 g/mol. The lowest BCUT2D eigenvalue weighted by molar-refractivity contribution is 0.0994. The smallest absolute Gasteiger partial charge is 0.269 e. The van der Waals surface area contributed by atoms with Crippen LogP contribution in [0, 0.1) is 13.0 Å². The number of aromatic nitrogens is 3. The van der Waals surface area contributed by atoms with Gasteiger partial charge in [0.25, 0.3) is 5.91 Å². The summed E-state index contributed by atoms with van der Waals surface area (Å²) in [7, 11) is 0. The third-order valence-corrected chi connectivity index (χ3v) is 2.27. The van der Waals surface area contributed by atoms with Gasteiger partial charge in [-0.1, -0.05) is 6.07 Å². The summed E-state index contributed by atoms with van der Waals surface area (Å²) in [5.41, 5.74) is 6.28. The molecule has 0 aliphatic carbocycles. The van der Waals surface area contributed by atoms with E-state index < -0.39 is 5.91 Å². The average molecular weight is 245 g/mol. The van der Waals surface area contributed by atoms with Crippen molar-refractivity contribution in [2.45, 2.75) is 13.5 Å². The number of aryl methyl sites for hydroxylation is 1. The number of rotatable bonds is 5. The minimum Gasteiger partial charge on any atom is -0.476 e. The van der Waals surface area contributed by atoms with Gasteiger partial charge < -0.3 is 10.5 Å². The molecule has 1 amide bonds. The number of hydrogen-bond donors (Lipinski definition) is 1. The van der Waals surface area contributed by atoms with Crippen LogP contribution in [0.2, 0.25) is 0 Å².